The molecule has 2 aliphatic heterocycles. The lowest BCUT2D eigenvalue weighted by Crippen LogP contribution is -2.46. The fourth-order valence-corrected chi connectivity index (χ4v) is 5.38. The van der Waals surface area contributed by atoms with Crippen LogP contribution < -0.4 is 15.8 Å². The maximum Gasteiger partial charge on any atom is 0.417 e. The minimum Gasteiger partial charge on any atom is -0.375 e. The number of aromatic nitrogens is 4. The number of morpholine rings is 1. The average molecular weight is 606 g/mol. The lowest BCUT2D eigenvalue weighted by molar-refractivity contribution is -0.137. The van der Waals surface area contributed by atoms with Crippen molar-refractivity contribution < 1.29 is 22.7 Å². The van der Waals surface area contributed by atoms with E-state index in [0.717, 1.165) is 12.1 Å². The second-order valence-electron chi connectivity index (χ2n) is 10.8. The van der Waals surface area contributed by atoms with Crippen molar-refractivity contribution in [3.05, 3.63) is 68.4 Å². The monoisotopic (exact) mass is 605 g/mol. The molecule has 14 heteroatoms. The number of benzene rings is 1. The lowest BCUT2D eigenvalue weighted by atomic mass is 9.98. The van der Waals surface area contributed by atoms with Crippen molar-refractivity contribution in [2.75, 3.05) is 29.9 Å². The Labute approximate surface area is 245 Å². The van der Waals surface area contributed by atoms with E-state index in [2.05, 4.69) is 20.2 Å². The van der Waals surface area contributed by atoms with Crippen LogP contribution in [-0.4, -0.2) is 68.2 Å². The fourth-order valence-electron chi connectivity index (χ4n) is 5.16. The summed E-state index contributed by atoms with van der Waals surface area (Å²) in [7, 11) is 0. The van der Waals surface area contributed by atoms with E-state index in [-0.39, 0.29) is 48.0 Å². The van der Waals surface area contributed by atoms with Crippen LogP contribution in [0.5, 0.6) is 0 Å². The molecule has 1 amide bonds. The van der Waals surface area contributed by atoms with Crippen LogP contribution in [0.4, 0.5) is 24.9 Å². The van der Waals surface area contributed by atoms with Crippen molar-refractivity contribution in [3.63, 3.8) is 0 Å². The predicted molar refractivity (Wildman–Crippen MR) is 151 cm³/mol. The second-order valence-corrected chi connectivity index (χ2v) is 11.2. The molecule has 1 aromatic carbocycles. The van der Waals surface area contributed by atoms with Crippen LogP contribution >= 0.6 is 11.6 Å². The van der Waals surface area contributed by atoms with Crippen LogP contribution in [0.25, 0.3) is 5.82 Å². The molecule has 10 nitrogen and oxygen atoms in total. The summed E-state index contributed by atoms with van der Waals surface area (Å²) in [5.41, 5.74) is -0.820. The van der Waals surface area contributed by atoms with E-state index in [1.807, 2.05) is 20.8 Å². The van der Waals surface area contributed by atoms with Crippen LogP contribution in [0.2, 0.25) is 5.02 Å². The van der Waals surface area contributed by atoms with Gasteiger partial charge in [0, 0.05) is 36.3 Å². The highest BCUT2D eigenvalue weighted by atomic mass is 35.5. The molecule has 2 aliphatic rings. The summed E-state index contributed by atoms with van der Waals surface area (Å²) in [6.07, 6.45) is -1.35. The molecule has 0 spiro atoms. The van der Waals surface area contributed by atoms with Gasteiger partial charge in [0.15, 0.2) is 5.82 Å². The van der Waals surface area contributed by atoms with Crippen LogP contribution in [0.1, 0.15) is 54.9 Å². The summed E-state index contributed by atoms with van der Waals surface area (Å²) in [5, 5.41) is 2.69. The SMILES string of the molecule is CC(C)Nc1nc2c(c(=O)n1-c1cnc(N3CCOC(C)C3)cn1)CC(C)N(C(=O)c1ccc(Cl)c(C(F)(F)F)c1)C2. The second kappa shape index (κ2) is 11.5. The van der Waals surface area contributed by atoms with Gasteiger partial charge < -0.3 is 19.9 Å². The highest BCUT2D eigenvalue weighted by molar-refractivity contribution is 6.31. The quantitative estimate of drug-likeness (QED) is 0.458. The normalized spacial score (nSPS) is 19.2. The van der Waals surface area contributed by atoms with Crippen molar-refractivity contribution in [2.24, 2.45) is 0 Å². The van der Waals surface area contributed by atoms with Crippen LogP contribution in [0, 0.1) is 0 Å². The Morgan fingerprint density at radius 2 is 1.88 bits per heavy atom. The summed E-state index contributed by atoms with van der Waals surface area (Å²) >= 11 is 5.75. The van der Waals surface area contributed by atoms with Gasteiger partial charge >= 0.3 is 6.18 Å². The molecule has 2 unspecified atom stereocenters. The molecule has 3 aromatic rings. The van der Waals surface area contributed by atoms with Gasteiger partial charge in [-0.15, -0.1) is 0 Å². The first-order valence-electron chi connectivity index (χ1n) is 13.6. The number of carbonyl (C=O) groups excluding carboxylic acids is 1. The molecule has 5 rings (SSSR count). The number of carbonyl (C=O) groups is 1. The molecule has 0 saturated carbocycles. The van der Waals surface area contributed by atoms with E-state index in [1.165, 1.54) is 21.7 Å². The Kier molecular flexibility index (Phi) is 8.17. The molecule has 1 N–H and O–H groups in total. The molecule has 2 atom stereocenters. The highest BCUT2D eigenvalue weighted by Gasteiger charge is 2.36. The van der Waals surface area contributed by atoms with Gasteiger partial charge in [0.1, 0.15) is 5.82 Å². The Hall–Kier alpha value is -3.71. The third kappa shape index (κ3) is 5.93. The van der Waals surface area contributed by atoms with E-state index >= 15 is 0 Å². The van der Waals surface area contributed by atoms with E-state index in [4.69, 9.17) is 21.3 Å². The van der Waals surface area contributed by atoms with E-state index in [9.17, 15) is 22.8 Å². The highest BCUT2D eigenvalue weighted by Crippen LogP contribution is 2.36. The van der Waals surface area contributed by atoms with Gasteiger partial charge in [-0.05, 0) is 52.3 Å². The zero-order valence-corrected chi connectivity index (χ0v) is 24.3. The number of alkyl halides is 3. The van der Waals surface area contributed by atoms with Crippen LogP contribution in [0.15, 0.2) is 35.4 Å². The summed E-state index contributed by atoms with van der Waals surface area (Å²) in [6.45, 7) is 9.39. The number of hydrogen-bond acceptors (Lipinski definition) is 8. The number of amides is 1. The molecule has 224 valence electrons. The smallest absolute Gasteiger partial charge is 0.375 e. The molecule has 1 saturated heterocycles. The number of anilines is 2. The van der Waals surface area contributed by atoms with Crippen molar-refractivity contribution in [3.8, 4) is 5.82 Å². The van der Waals surface area contributed by atoms with Crippen molar-refractivity contribution in [2.45, 2.75) is 65.0 Å². The van der Waals surface area contributed by atoms with Gasteiger partial charge in [-0.1, -0.05) is 11.6 Å². The number of nitrogens with zero attached hydrogens (tertiary/aromatic N) is 6. The minimum atomic E-state index is -4.71. The van der Waals surface area contributed by atoms with Gasteiger partial charge in [0.2, 0.25) is 5.95 Å². The molecule has 2 aromatic heterocycles. The van der Waals surface area contributed by atoms with E-state index < -0.39 is 28.7 Å². The molecule has 0 radical (unpaired) electrons. The number of rotatable bonds is 5. The maximum atomic E-state index is 13.9. The van der Waals surface area contributed by atoms with Crippen LogP contribution in [0.3, 0.4) is 0 Å². The van der Waals surface area contributed by atoms with Gasteiger partial charge in [-0.25, -0.2) is 19.5 Å². The van der Waals surface area contributed by atoms with Crippen molar-refractivity contribution >= 4 is 29.3 Å². The third-order valence-corrected chi connectivity index (χ3v) is 7.56. The van der Waals surface area contributed by atoms with Crippen molar-refractivity contribution in [1.29, 1.82) is 0 Å². The predicted octanol–water partition coefficient (Wildman–Crippen LogP) is 4.33. The first-order valence-corrected chi connectivity index (χ1v) is 14.0. The lowest BCUT2D eigenvalue weighted by Gasteiger charge is -2.35. The molecular formula is C28H31ClF3N7O3. The topological polar surface area (TPSA) is 105 Å². The molecule has 42 heavy (non-hydrogen) atoms. The average Bonchev–Trinajstić information content (AvgIpc) is 2.92. The third-order valence-electron chi connectivity index (χ3n) is 7.23. The molecule has 0 bridgehead atoms. The van der Waals surface area contributed by atoms with E-state index in [1.54, 1.807) is 13.1 Å². The van der Waals surface area contributed by atoms with Crippen LogP contribution in [-0.2, 0) is 23.9 Å². The number of nitrogens with one attached hydrogen (secondary N) is 1. The summed E-state index contributed by atoms with van der Waals surface area (Å²) in [6, 6.07) is 2.49. The number of fused-ring (bicyclic) bond motifs is 1. The number of halogens is 4. The fraction of sp³-hybridized carbons (Fsp3) is 0.464. The summed E-state index contributed by atoms with van der Waals surface area (Å²) in [4.78, 5) is 44.5. The zero-order valence-electron chi connectivity index (χ0n) is 23.6. The largest absolute Gasteiger partial charge is 0.417 e. The Bertz CT molecular complexity index is 1550. The van der Waals surface area contributed by atoms with Gasteiger partial charge in [-0.3, -0.25) is 9.59 Å². The molecular weight excluding hydrogens is 575 g/mol. The number of ether oxygens (including phenoxy) is 1. The summed E-state index contributed by atoms with van der Waals surface area (Å²) in [5.74, 6) is 0.572. The van der Waals surface area contributed by atoms with Gasteiger partial charge in [0.25, 0.3) is 11.5 Å². The number of hydrogen-bond donors (Lipinski definition) is 1. The van der Waals surface area contributed by atoms with Crippen molar-refractivity contribution in [1.82, 2.24) is 24.4 Å². The first-order chi connectivity index (χ1) is 19.8. The first kappa shape index (κ1) is 29.8. The van der Waals surface area contributed by atoms with E-state index in [0.29, 0.717) is 36.8 Å². The van der Waals surface area contributed by atoms with Gasteiger partial charge in [0.05, 0.1) is 47.9 Å². The Morgan fingerprint density at radius 3 is 2.52 bits per heavy atom. The van der Waals surface area contributed by atoms with Gasteiger partial charge in [-0.2, -0.15) is 13.2 Å². The maximum absolute atomic E-state index is 13.9. The molecule has 1 fully saturated rings. The Morgan fingerprint density at radius 1 is 1.17 bits per heavy atom. The standard InChI is InChI=1S/C28H31ClF3N7O3/c1-15(2)35-27-36-22-14-38(25(40)18-5-6-21(29)20(10-18)28(30,31)32)16(3)9-19(22)26(41)39(27)24-12-33-23(11-34-24)37-7-8-42-17(4)13-37/h5-6,10-12,15-17H,7-9,13-14H2,1-4H3,(H,35,36). The zero-order chi connectivity index (χ0) is 30.3. The summed E-state index contributed by atoms with van der Waals surface area (Å²) < 4.78 is 47.3. The Balaban J connectivity index is 1.49. The minimum absolute atomic E-state index is 0.0536. The molecule has 4 heterocycles. The molecule has 0 aliphatic carbocycles.